The zero-order chi connectivity index (χ0) is 24.3. The van der Waals surface area contributed by atoms with Gasteiger partial charge in [0.05, 0.1) is 18.3 Å². The van der Waals surface area contributed by atoms with Crippen LogP contribution in [0.4, 0.5) is 0 Å². The van der Waals surface area contributed by atoms with Crippen LogP contribution in [-0.2, 0) is 0 Å². The summed E-state index contributed by atoms with van der Waals surface area (Å²) in [6, 6.07) is 0. The lowest BCUT2D eigenvalue weighted by atomic mass is 9.44. The number of hydrogen-bond acceptors (Lipinski definition) is 4. The lowest BCUT2D eigenvalue weighted by molar-refractivity contribution is -0.162. The number of hydrogen-bond donors (Lipinski definition) is 4. The highest BCUT2D eigenvalue weighted by atomic mass is 16.3. The molecule has 0 spiro atoms. The summed E-state index contributed by atoms with van der Waals surface area (Å²) < 4.78 is 0. The molecule has 4 saturated carbocycles. The highest BCUT2D eigenvalue weighted by Crippen LogP contribution is 2.68. The zero-order valence-electron chi connectivity index (χ0n) is 21.9. The van der Waals surface area contributed by atoms with E-state index in [0.29, 0.717) is 29.6 Å². The minimum atomic E-state index is -0.784. The van der Waals surface area contributed by atoms with Gasteiger partial charge in [0.25, 0.3) is 0 Å². The molecule has 0 aromatic heterocycles. The quantitative estimate of drug-likeness (QED) is 0.436. The predicted molar refractivity (Wildman–Crippen MR) is 132 cm³/mol. The molecular weight excluding hydrogens is 412 g/mol. The molecular formula is C29H50O4. The van der Waals surface area contributed by atoms with E-state index >= 15 is 0 Å². The van der Waals surface area contributed by atoms with E-state index in [2.05, 4.69) is 34.6 Å². The fraction of sp³-hybridized carbons (Fsp3) is 0.931. The van der Waals surface area contributed by atoms with Crippen molar-refractivity contribution in [1.29, 1.82) is 0 Å². The van der Waals surface area contributed by atoms with Gasteiger partial charge in [-0.15, -0.1) is 0 Å². The third-order valence-corrected chi connectivity index (χ3v) is 11.6. The summed E-state index contributed by atoms with van der Waals surface area (Å²) in [6.07, 6.45) is 8.01. The average Bonchev–Trinajstić information content (AvgIpc) is 3.11. The van der Waals surface area contributed by atoms with Gasteiger partial charge in [-0.05, 0) is 116 Å². The molecule has 4 heteroatoms. The monoisotopic (exact) mass is 462 g/mol. The first-order chi connectivity index (χ1) is 15.5. The van der Waals surface area contributed by atoms with E-state index in [1.807, 2.05) is 13.0 Å². The molecule has 33 heavy (non-hydrogen) atoms. The van der Waals surface area contributed by atoms with Crippen molar-refractivity contribution in [2.24, 2.45) is 52.3 Å². The molecule has 0 radical (unpaired) electrons. The fourth-order valence-electron chi connectivity index (χ4n) is 9.75. The first-order valence-electron chi connectivity index (χ1n) is 13.8. The summed E-state index contributed by atoms with van der Waals surface area (Å²) in [5, 5.41) is 43.1. The molecule has 0 aromatic carbocycles. The maximum atomic E-state index is 11.2. The van der Waals surface area contributed by atoms with Crippen LogP contribution in [0.5, 0.6) is 0 Å². The molecule has 0 aliphatic heterocycles. The van der Waals surface area contributed by atoms with Crippen LogP contribution in [0.25, 0.3) is 0 Å². The lowest BCUT2D eigenvalue weighted by Gasteiger charge is -2.61. The third kappa shape index (κ3) is 4.05. The number of allylic oxidation sites excluding steroid dienone is 1. The molecule has 12 atom stereocenters. The summed E-state index contributed by atoms with van der Waals surface area (Å²) in [5.74, 6) is 3.26. The van der Waals surface area contributed by atoms with Crippen LogP contribution in [0.1, 0.15) is 92.9 Å². The van der Waals surface area contributed by atoms with E-state index < -0.39 is 24.4 Å². The van der Waals surface area contributed by atoms with E-state index in [-0.39, 0.29) is 22.7 Å². The van der Waals surface area contributed by atoms with Gasteiger partial charge < -0.3 is 20.4 Å². The van der Waals surface area contributed by atoms with Crippen molar-refractivity contribution in [2.75, 3.05) is 0 Å². The van der Waals surface area contributed by atoms with Crippen LogP contribution >= 0.6 is 0 Å². The van der Waals surface area contributed by atoms with Gasteiger partial charge >= 0.3 is 0 Å². The molecule has 4 aliphatic rings. The summed E-state index contributed by atoms with van der Waals surface area (Å²) in [4.78, 5) is 0. The van der Waals surface area contributed by atoms with Crippen LogP contribution < -0.4 is 0 Å². The van der Waals surface area contributed by atoms with Gasteiger partial charge in [-0.3, -0.25) is 0 Å². The minimum Gasteiger partial charge on any atom is -0.390 e. The number of aliphatic hydroxyl groups is 4. The second kappa shape index (κ2) is 9.22. The highest BCUT2D eigenvalue weighted by molar-refractivity contribution is 5.15. The molecule has 0 bridgehead atoms. The van der Waals surface area contributed by atoms with Crippen molar-refractivity contribution in [3.8, 4) is 0 Å². The van der Waals surface area contributed by atoms with Gasteiger partial charge in [-0.1, -0.05) is 40.7 Å². The van der Waals surface area contributed by atoms with Crippen molar-refractivity contribution >= 4 is 0 Å². The third-order valence-electron chi connectivity index (χ3n) is 11.6. The topological polar surface area (TPSA) is 80.9 Å². The van der Waals surface area contributed by atoms with Crippen LogP contribution in [0.15, 0.2) is 11.6 Å². The van der Waals surface area contributed by atoms with Crippen molar-refractivity contribution in [1.82, 2.24) is 0 Å². The molecule has 0 aromatic rings. The summed E-state index contributed by atoms with van der Waals surface area (Å²) in [7, 11) is 0. The van der Waals surface area contributed by atoms with Crippen LogP contribution in [-0.4, -0.2) is 44.8 Å². The van der Waals surface area contributed by atoms with E-state index in [9.17, 15) is 20.4 Å². The average molecular weight is 463 g/mol. The molecule has 0 saturated heterocycles. The Morgan fingerprint density at radius 1 is 0.879 bits per heavy atom. The minimum absolute atomic E-state index is 0.0684. The first-order valence-corrected chi connectivity index (χ1v) is 13.8. The fourth-order valence-corrected chi connectivity index (χ4v) is 9.75. The van der Waals surface area contributed by atoms with E-state index in [1.54, 1.807) is 0 Å². The van der Waals surface area contributed by atoms with E-state index in [1.165, 1.54) is 32.1 Å². The number of rotatable bonds is 5. The van der Waals surface area contributed by atoms with Gasteiger partial charge in [0.2, 0.25) is 0 Å². The first kappa shape index (κ1) is 25.7. The van der Waals surface area contributed by atoms with Crippen LogP contribution in [0.2, 0.25) is 0 Å². The van der Waals surface area contributed by atoms with Crippen molar-refractivity contribution < 1.29 is 20.4 Å². The molecule has 0 unspecified atom stereocenters. The zero-order valence-corrected chi connectivity index (χ0v) is 21.9. The number of fused-ring (bicyclic) bond motifs is 5. The van der Waals surface area contributed by atoms with Gasteiger partial charge in [-0.25, -0.2) is 0 Å². The summed E-state index contributed by atoms with van der Waals surface area (Å²) in [5.41, 5.74) is 1.30. The van der Waals surface area contributed by atoms with Gasteiger partial charge in [0.15, 0.2) is 0 Å². The van der Waals surface area contributed by atoms with E-state index in [4.69, 9.17) is 0 Å². The standard InChI is InChI=1S/C29H50O4/c1-7-19(16(2)3)27(33)26(32)17(4)21-10-11-22-20-9-8-18-14-24(30)25(31)15-29(18,6)23(20)12-13-28(21,22)5/h7,16-18,20-27,30-33H,8-15H2,1-6H3/b19-7-/t17-,18-,20+,21+,22-,23-,24-,25+,26+,27+,28+,29-/m0/s1. The molecule has 4 N–H and O–H groups in total. The maximum absolute atomic E-state index is 11.2. The lowest BCUT2D eigenvalue weighted by Crippen LogP contribution is -2.57. The molecule has 190 valence electrons. The second-order valence-corrected chi connectivity index (χ2v) is 13.2. The largest absolute Gasteiger partial charge is 0.390 e. The highest BCUT2D eigenvalue weighted by Gasteiger charge is 2.61. The molecule has 0 heterocycles. The Balaban J connectivity index is 1.53. The molecule has 4 fully saturated rings. The summed E-state index contributed by atoms with van der Waals surface area (Å²) >= 11 is 0. The number of aliphatic hydroxyl groups excluding tert-OH is 4. The van der Waals surface area contributed by atoms with Gasteiger partial charge in [0.1, 0.15) is 6.10 Å². The SMILES string of the molecule is C/C=C(/C(C)C)[C@@H](O)[C@H](O)[C@@H](C)[C@H]1CC[C@H]2[C@H]3CC[C@H]4C[C@H](O)[C@H](O)C[C@]4(C)[C@H]3CC[C@]12C. The molecule has 0 amide bonds. The Hall–Kier alpha value is -0.420. The molecule has 4 aliphatic carbocycles. The normalized spacial score (nSPS) is 48.6. The Kier molecular flexibility index (Phi) is 7.17. The van der Waals surface area contributed by atoms with E-state index in [0.717, 1.165) is 24.8 Å². The maximum Gasteiger partial charge on any atom is 0.101 e. The van der Waals surface area contributed by atoms with Crippen LogP contribution in [0.3, 0.4) is 0 Å². The molecule has 4 rings (SSSR count). The van der Waals surface area contributed by atoms with Crippen LogP contribution in [0, 0.1) is 52.3 Å². The Morgan fingerprint density at radius 2 is 1.55 bits per heavy atom. The van der Waals surface area contributed by atoms with Crippen molar-refractivity contribution in [3.63, 3.8) is 0 Å². The summed E-state index contributed by atoms with van der Waals surface area (Å²) in [6.45, 7) is 13.2. The van der Waals surface area contributed by atoms with Crippen molar-refractivity contribution in [2.45, 2.75) is 117 Å². The van der Waals surface area contributed by atoms with Gasteiger partial charge in [0, 0.05) is 0 Å². The van der Waals surface area contributed by atoms with Gasteiger partial charge in [-0.2, -0.15) is 0 Å². The Bertz CT molecular complexity index is 733. The second-order valence-electron chi connectivity index (χ2n) is 13.2. The predicted octanol–water partition coefficient (Wildman–Crippen LogP) is 4.94. The smallest absolute Gasteiger partial charge is 0.101 e. The molecule has 4 nitrogen and oxygen atoms in total. The van der Waals surface area contributed by atoms with Crippen molar-refractivity contribution in [3.05, 3.63) is 11.6 Å². The Labute approximate surface area is 201 Å². The Morgan fingerprint density at radius 3 is 2.18 bits per heavy atom.